The van der Waals surface area contributed by atoms with Crippen LogP contribution in [0.1, 0.15) is 45.5 Å². The van der Waals surface area contributed by atoms with Crippen molar-refractivity contribution in [3.63, 3.8) is 0 Å². The van der Waals surface area contributed by atoms with Crippen molar-refractivity contribution >= 4 is 17.2 Å². The minimum atomic E-state index is -0.0694. The second-order valence-electron chi connectivity index (χ2n) is 6.30. The molecule has 25 heavy (non-hydrogen) atoms. The molecule has 1 aliphatic carbocycles. The van der Waals surface area contributed by atoms with E-state index in [1.165, 1.54) is 4.88 Å². The Hall–Kier alpha value is -2.53. The van der Waals surface area contributed by atoms with Crippen molar-refractivity contribution in [2.45, 2.75) is 32.2 Å². The minimum absolute atomic E-state index is 0.0347. The van der Waals surface area contributed by atoms with Crippen LogP contribution in [-0.4, -0.2) is 15.9 Å². The first-order valence-corrected chi connectivity index (χ1v) is 9.31. The van der Waals surface area contributed by atoms with E-state index < -0.39 is 0 Å². The van der Waals surface area contributed by atoms with Gasteiger partial charge in [-0.15, -0.1) is 11.3 Å². The fourth-order valence-electron chi connectivity index (χ4n) is 3.11. The predicted molar refractivity (Wildman–Crippen MR) is 99.7 cm³/mol. The summed E-state index contributed by atoms with van der Waals surface area (Å²) in [5.41, 5.74) is 3.77. The first-order valence-electron chi connectivity index (χ1n) is 8.49. The summed E-state index contributed by atoms with van der Waals surface area (Å²) in [7, 11) is 0. The van der Waals surface area contributed by atoms with Gasteiger partial charge in [-0.1, -0.05) is 30.3 Å². The number of benzene rings is 1. The molecule has 2 aromatic heterocycles. The molecule has 1 aromatic carbocycles. The molecule has 0 radical (unpaired) electrons. The number of pyridine rings is 1. The van der Waals surface area contributed by atoms with E-state index in [4.69, 9.17) is 4.98 Å². The molecule has 1 aliphatic rings. The molecule has 0 fully saturated rings. The Labute approximate surface area is 151 Å². The molecule has 1 atom stereocenters. The highest BCUT2D eigenvalue weighted by Gasteiger charge is 2.26. The summed E-state index contributed by atoms with van der Waals surface area (Å²) in [4.78, 5) is 22.8. The standard InChI is InChI=1S/C20H19N3OS/c1-13-10-11-15(12-21-13)19(24)22-16-8-5-9-17-18(16)25-20(23-17)14-6-3-2-4-7-14/h2-4,6-7,10-12,16H,5,8-9H2,1H3,(H,22,24)/t16-/m1/s1. The first-order chi connectivity index (χ1) is 12.2. The molecule has 3 aromatic rings. The number of hydrogen-bond donors (Lipinski definition) is 1. The molecule has 4 nitrogen and oxygen atoms in total. The topological polar surface area (TPSA) is 54.9 Å². The van der Waals surface area contributed by atoms with Crippen molar-refractivity contribution in [1.29, 1.82) is 0 Å². The smallest absolute Gasteiger partial charge is 0.253 e. The van der Waals surface area contributed by atoms with Gasteiger partial charge in [0.15, 0.2) is 0 Å². The maximum absolute atomic E-state index is 12.5. The quantitative estimate of drug-likeness (QED) is 0.766. The van der Waals surface area contributed by atoms with Gasteiger partial charge in [0.25, 0.3) is 5.91 Å². The van der Waals surface area contributed by atoms with Crippen molar-refractivity contribution in [1.82, 2.24) is 15.3 Å². The van der Waals surface area contributed by atoms with Crippen LogP contribution in [0.25, 0.3) is 10.6 Å². The van der Waals surface area contributed by atoms with Crippen LogP contribution in [0.3, 0.4) is 0 Å². The number of nitrogens with one attached hydrogen (secondary N) is 1. The van der Waals surface area contributed by atoms with Gasteiger partial charge in [0.2, 0.25) is 0 Å². The normalized spacial score (nSPS) is 16.3. The van der Waals surface area contributed by atoms with Gasteiger partial charge in [0, 0.05) is 17.5 Å². The number of nitrogens with zero attached hydrogens (tertiary/aromatic N) is 2. The average Bonchev–Trinajstić information content (AvgIpc) is 3.08. The molecule has 1 N–H and O–H groups in total. The number of aromatic nitrogens is 2. The van der Waals surface area contributed by atoms with Gasteiger partial charge in [-0.25, -0.2) is 4.98 Å². The number of aryl methyl sites for hydroxylation is 2. The number of fused-ring (bicyclic) bond motifs is 1. The van der Waals surface area contributed by atoms with Gasteiger partial charge in [0.05, 0.1) is 22.2 Å². The van der Waals surface area contributed by atoms with Crippen LogP contribution in [0.15, 0.2) is 48.7 Å². The van der Waals surface area contributed by atoms with Gasteiger partial charge in [-0.3, -0.25) is 9.78 Å². The second-order valence-corrected chi connectivity index (χ2v) is 7.33. The SMILES string of the molecule is Cc1ccc(C(=O)N[C@@H]2CCCc3nc(-c4ccccc4)sc32)cn1. The summed E-state index contributed by atoms with van der Waals surface area (Å²) in [6, 6.07) is 13.9. The third-order valence-corrected chi connectivity index (χ3v) is 5.71. The lowest BCUT2D eigenvalue weighted by molar-refractivity contribution is 0.0933. The van der Waals surface area contributed by atoms with Crippen LogP contribution in [0.4, 0.5) is 0 Å². The van der Waals surface area contributed by atoms with Crippen molar-refractivity contribution in [3.05, 3.63) is 70.5 Å². The summed E-state index contributed by atoms with van der Waals surface area (Å²) in [6.07, 6.45) is 4.62. The number of thiazole rings is 1. The molecule has 0 unspecified atom stereocenters. The van der Waals surface area contributed by atoms with E-state index in [9.17, 15) is 4.79 Å². The molecule has 0 saturated heterocycles. The first kappa shape index (κ1) is 16.0. The zero-order valence-corrected chi connectivity index (χ0v) is 14.8. The molecule has 5 heteroatoms. The van der Waals surface area contributed by atoms with E-state index in [-0.39, 0.29) is 11.9 Å². The summed E-state index contributed by atoms with van der Waals surface area (Å²) >= 11 is 1.69. The monoisotopic (exact) mass is 349 g/mol. The van der Waals surface area contributed by atoms with Crippen LogP contribution in [-0.2, 0) is 6.42 Å². The number of rotatable bonds is 3. The molecule has 0 aliphatic heterocycles. The zero-order valence-electron chi connectivity index (χ0n) is 14.0. The summed E-state index contributed by atoms with van der Waals surface area (Å²) < 4.78 is 0. The Kier molecular flexibility index (Phi) is 4.32. The van der Waals surface area contributed by atoms with Crippen LogP contribution in [0.5, 0.6) is 0 Å². The maximum atomic E-state index is 12.5. The molecule has 1 amide bonds. The lowest BCUT2D eigenvalue weighted by Crippen LogP contribution is -2.30. The Morgan fingerprint density at radius 2 is 2.04 bits per heavy atom. The number of carbonyl (C=O) groups is 1. The molecule has 4 rings (SSSR count). The van der Waals surface area contributed by atoms with Gasteiger partial charge in [-0.2, -0.15) is 0 Å². The highest BCUT2D eigenvalue weighted by Crippen LogP contribution is 2.38. The fourth-order valence-corrected chi connectivity index (χ4v) is 4.31. The average molecular weight is 349 g/mol. The Morgan fingerprint density at radius 1 is 1.20 bits per heavy atom. The van der Waals surface area contributed by atoms with E-state index in [0.29, 0.717) is 5.56 Å². The molecular formula is C20H19N3OS. The molecule has 2 heterocycles. The second kappa shape index (κ2) is 6.76. The summed E-state index contributed by atoms with van der Waals surface area (Å²) in [6.45, 7) is 1.91. The van der Waals surface area contributed by atoms with Crippen molar-refractivity contribution in [2.24, 2.45) is 0 Å². The van der Waals surface area contributed by atoms with E-state index >= 15 is 0 Å². The van der Waals surface area contributed by atoms with E-state index in [2.05, 4.69) is 22.4 Å². The van der Waals surface area contributed by atoms with Crippen molar-refractivity contribution < 1.29 is 4.79 Å². The highest BCUT2D eigenvalue weighted by atomic mass is 32.1. The fraction of sp³-hybridized carbons (Fsp3) is 0.250. The zero-order chi connectivity index (χ0) is 17.2. The van der Waals surface area contributed by atoms with E-state index in [1.807, 2.05) is 37.3 Å². The summed E-state index contributed by atoms with van der Waals surface area (Å²) in [5, 5.41) is 4.20. The summed E-state index contributed by atoms with van der Waals surface area (Å²) in [5.74, 6) is -0.0694. The van der Waals surface area contributed by atoms with Gasteiger partial charge in [0.1, 0.15) is 5.01 Å². The number of hydrogen-bond acceptors (Lipinski definition) is 4. The Bertz CT molecular complexity index is 887. The highest BCUT2D eigenvalue weighted by molar-refractivity contribution is 7.15. The molecular weight excluding hydrogens is 330 g/mol. The predicted octanol–water partition coefficient (Wildman–Crippen LogP) is 4.32. The lowest BCUT2D eigenvalue weighted by atomic mass is 9.98. The molecule has 0 bridgehead atoms. The Balaban J connectivity index is 1.58. The molecule has 0 saturated carbocycles. The van der Waals surface area contributed by atoms with Crippen LogP contribution < -0.4 is 5.32 Å². The van der Waals surface area contributed by atoms with Gasteiger partial charge < -0.3 is 5.32 Å². The van der Waals surface area contributed by atoms with Crippen LogP contribution in [0.2, 0.25) is 0 Å². The van der Waals surface area contributed by atoms with E-state index in [1.54, 1.807) is 17.5 Å². The van der Waals surface area contributed by atoms with Gasteiger partial charge in [-0.05, 0) is 38.3 Å². The van der Waals surface area contributed by atoms with Crippen molar-refractivity contribution in [2.75, 3.05) is 0 Å². The largest absolute Gasteiger partial charge is 0.344 e. The maximum Gasteiger partial charge on any atom is 0.253 e. The third-order valence-electron chi connectivity index (χ3n) is 4.45. The Morgan fingerprint density at radius 3 is 2.80 bits per heavy atom. The third kappa shape index (κ3) is 3.33. The van der Waals surface area contributed by atoms with Crippen LogP contribution in [0, 0.1) is 6.92 Å². The van der Waals surface area contributed by atoms with E-state index in [0.717, 1.165) is 41.2 Å². The number of carbonyl (C=O) groups excluding carboxylic acids is 1. The van der Waals surface area contributed by atoms with Crippen molar-refractivity contribution in [3.8, 4) is 10.6 Å². The number of amides is 1. The van der Waals surface area contributed by atoms with Gasteiger partial charge >= 0.3 is 0 Å². The lowest BCUT2D eigenvalue weighted by Gasteiger charge is -2.22. The molecule has 126 valence electrons. The molecule has 0 spiro atoms. The minimum Gasteiger partial charge on any atom is -0.344 e. The van der Waals surface area contributed by atoms with Crippen LogP contribution >= 0.6 is 11.3 Å².